The van der Waals surface area contributed by atoms with Crippen LogP contribution in [0.3, 0.4) is 0 Å². The number of hydrogen-bond acceptors (Lipinski definition) is 4. The van der Waals surface area contributed by atoms with Gasteiger partial charge in [-0.3, -0.25) is 0 Å². The third kappa shape index (κ3) is 5.22. The Morgan fingerprint density at radius 3 is 2.33 bits per heavy atom. The first-order chi connectivity index (χ1) is 8.90. The van der Waals surface area contributed by atoms with Crippen molar-refractivity contribution in [2.75, 3.05) is 39.6 Å². The topological polar surface area (TPSA) is 40.2 Å². The van der Waals surface area contributed by atoms with Gasteiger partial charge in [-0.15, -0.1) is 0 Å². The summed E-state index contributed by atoms with van der Waals surface area (Å²) >= 11 is 0. The van der Waals surface area contributed by atoms with Crippen LogP contribution >= 0.6 is 0 Å². The molecule has 1 saturated carbocycles. The second-order valence-corrected chi connectivity index (χ2v) is 5.19. The third-order valence-corrected chi connectivity index (χ3v) is 3.56. The molecule has 4 heteroatoms. The van der Waals surface area contributed by atoms with E-state index in [1.54, 1.807) is 0 Å². The van der Waals surface area contributed by atoms with Crippen molar-refractivity contribution in [1.29, 1.82) is 0 Å². The lowest BCUT2D eigenvalue weighted by Crippen LogP contribution is -2.19. The molecular formula is C14H26O4. The fourth-order valence-electron chi connectivity index (χ4n) is 2.47. The lowest BCUT2D eigenvalue weighted by molar-refractivity contribution is 0.00511. The number of fused-ring (bicyclic) bond motifs is 1. The Balaban J connectivity index is 1.33. The zero-order valence-corrected chi connectivity index (χ0v) is 11.4. The zero-order valence-electron chi connectivity index (χ0n) is 11.4. The van der Waals surface area contributed by atoms with Crippen LogP contribution in [0, 0.1) is 5.92 Å². The highest BCUT2D eigenvalue weighted by Crippen LogP contribution is 2.39. The molecule has 2 fully saturated rings. The molecule has 1 heterocycles. The van der Waals surface area contributed by atoms with E-state index in [0.717, 1.165) is 19.6 Å². The van der Waals surface area contributed by atoms with Crippen molar-refractivity contribution in [1.82, 2.24) is 0 Å². The molecule has 1 saturated heterocycles. The quantitative estimate of drug-likeness (QED) is 0.444. The third-order valence-electron chi connectivity index (χ3n) is 3.56. The van der Waals surface area contributed by atoms with E-state index in [1.807, 2.05) is 0 Å². The molecule has 3 unspecified atom stereocenters. The van der Waals surface area contributed by atoms with Crippen molar-refractivity contribution < 1.29 is 18.9 Å². The average molecular weight is 258 g/mol. The second kappa shape index (κ2) is 8.10. The van der Waals surface area contributed by atoms with Crippen LogP contribution in [-0.4, -0.2) is 51.8 Å². The van der Waals surface area contributed by atoms with Gasteiger partial charge in [0.1, 0.15) is 0 Å². The maximum absolute atomic E-state index is 5.65. The highest BCUT2D eigenvalue weighted by atomic mass is 16.6. The highest BCUT2D eigenvalue weighted by molar-refractivity contribution is 4.91. The first-order valence-corrected chi connectivity index (χ1v) is 7.29. The smallest absolute Gasteiger partial charge is 0.0845 e. The maximum Gasteiger partial charge on any atom is 0.0845 e. The van der Waals surface area contributed by atoms with Gasteiger partial charge in [0.25, 0.3) is 0 Å². The molecule has 0 radical (unpaired) electrons. The maximum atomic E-state index is 5.65. The van der Waals surface area contributed by atoms with E-state index in [-0.39, 0.29) is 0 Å². The Morgan fingerprint density at radius 2 is 1.61 bits per heavy atom. The van der Waals surface area contributed by atoms with E-state index in [1.165, 1.54) is 19.3 Å². The SMILES string of the molecule is CCCOCCOCCOCC1CCC2OC2C1. The first-order valence-electron chi connectivity index (χ1n) is 7.29. The molecule has 0 amide bonds. The summed E-state index contributed by atoms with van der Waals surface area (Å²) in [5.74, 6) is 0.696. The van der Waals surface area contributed by atoms with Crippen LogP contribution in [0.2, 0.25) is 0 Å². The van der Waals surface area contributed by atoms with Gasteiger partial charge in [-0.1, -0.05) is 6.92 Å². The molecule has 0 N–H and O–H groups in total. The van der Waals surface area contributed by atoms with Gasteiger partial charge in [0.15, 0.2) is 0 Å². The summed E-state index contributed by atoms with van der Waals surface area (Å²) in [5.41, 5.74) is 0. The van der Waals surface area contributed by atoms with Crippen LogP contribution < -0.4 is 0 Å². The Labute approximate surface area is 110 Å². The highest BCUT2D eigenvalue weighted by Gasteiger charge is 2.43. The van der Waals surface area contributed by atoms with Crippen molar-refractivity contribution in [3.05, 3.63) is 0 Å². The summed E-state index contributed by atoms with van der Waals surface area (Å²) in [4.78, 5) is 0. The lowest BCUT2D eigenvalue weighted by Gasteiger charge is -2.18. The van der Waals surface area contributed by atoms with Gasteiger partial charge in [0.05, 0.1) is 38.6 Å². The van der Waals surface area contributed by atoms with Crippen LogP contribution in [0.25, 0.3) is 0 Å². The Kier molecular flexibility index (Phi) is 6.41. The molecular weight excluding hydrogens is 232 g/mol. The molecule has 1 aliphatic heterocycles. The van der Waals surface area contributed by atoms with Crippen molar-refractivity contribution in [3.8, 4) is 0 Å². The molecule has 4 nitrogen and oxygen atoms in total. The average Bonchev–Trinajstić information content (AvgIpc) is 3.15. The van der Waals surface area contributed by atoms with Gasteiger partial charge >= 0.3 is 0 Å². The van der Waals surface area contributed by atoms with Crippen molar-refractivity contribution in [2.24, 2.45) is 5.92 Å². The van der Waals surface area contributed by atoms with E-state index in [9.17, 15) is 0 Å². The van der Waals surface area contributed by atoms with E-state index in [4.69, 9.17) is 18.9 Å². The summed E-state index contributed by atoms with van der Waals surface area (Å²) in [7, 11) is 0. The molecule has 1 aliphatic carbocycles. The van der Waals surface area contributed by atoms with Crippen molar-refractivity contribution in [2.45, 2.75) is 44.8 Å². The minimum Gasteiger partial charge on any atom is -0.379 e. The van der Waals surface area contributed by atoms with Crippen LogP contribution in [0.4, 0.5) is 0 Å². The molecule has 0 aromatic carbocycles. The molecule has 18 heavy (non-hydrogen) atoms. The van der Waals surface area contributed by atoms with Crippen molar-refractivity contribution >= 4 is 0 Å². The zero-order chi connectivity index (χ0) is 12.6. The summed E-state index contributed by atoms with van der Waals surface area (Å²) in [6, 6.07) is 0. The number of ether oxygens (including phenoxy) is 4. The number of epoxide rings is 1. The predicted molar refractivity (Wildman–Crippen MR) is 68.8 cm³/mol. The van der Waals surface area contributed by atoms with Gasteiger partial charge in [0.2, 0.25) is 0 Å². The predicted octanol–water partition coefficient (Wildman–Crippen LogP) is 2.01. The summed E-state index contributed by atoms with van der Waals surface area (Å²) in [5, 5.41) is 0. The molecule has 0 bridgehead atoms. The van der Waals surface area contributed by atoms with Gasteiger partial charge in [-0.05, 0) is 31.6 Å². The molecule has 0 aromatic rings. The lowest BCUT2D eigenvalue weighted by atomic mass is 9.90. The number of rotatable bonds is 10. The minimum absolute atomic E-state index is 0.555. The van der Waals surface area contributed by atoms with Gasteiger partial charge in [-0.25, -0.2) is 0 Å². The second-order valence-electron chi connectivity index (χ2n) is 5.19. The fourth-order valence-corrected chi connectivity index (χ4v) is 2.47. The van der Waals surface area contributed by atoms with Crippen molar-refractivity contribution in [3.63, 3.8) is 0 Å². The number of hydrogen-bond donors (Lipinski definition) is 0. The summed E-state index contributed by atoms with van der Waals surface area (Å²) < 4.78 is 21.9. The van der Waals surface area contributed by atoms with E-state index in [0.29, 0.717) is 44.6 Å². The molecule has 106 valence electrons. The fraction of sp³-hybridized carbons (Fsp3) is 1.00. The minimum atomic E-state index is 0.555. The molecule has 3 atom stereocenters. The normalized spacial score (nSPS) is 30.2. The summed E-state index contributed by atoms with van der Waals surface area (Å²) in [6.45, 7) is 6.52. The van der Waals surface area contributed by atoms with Gasteiger partial charge in [0, 0.05) is 13.2 Å². The van der Waals surface area contributed by atoms with E-state index >= 15 is 0 Å². The first kappa shape index (κ1) is 14.3. The van der Waals surface area contributed by atoms with Gasteiger partial charge in [-0.2, -0.15) is 0 Å². The van der Waals surface area contributed by atoms with E-state index in [2.05, 4.69) is 6.92 Å². The van der Waals surface area contributed by atoms with Crippen LogP contribution in [0.5, 0.6) is 0 Å². The largest absolute Gasteiger partial charge is 0.379 e. The molecule has 0 spiro atoms. The van der Waals surface area contributed by atoms with Crippen LogP contribution in [0.15, 0.2) is 0 Å². The Hall–Kier alpha value is -0.160. The molecule has 0 aromatic heterocycles. The monoisotopic (exact) mass is 258 g/mol. The molecule has 2 aliphatic rings. The standard InChI is InChI=1S/C14H26O4/c1-2-5-15-6-7-16-8-9-17-11-12-3-4-13-14(10-12)18-13/h12-14H,2-11H2,1H3. The van der Waals surface area contributed by atoms with Crippen LogP contribution in [-0.2, 0) is 18.9 Å². The Bertz CT molecular complexity index is 222. The molecule has 2 rings (SSSR count). The van der Waals surface area contributed by atoms with E-state index < -0.39 is 0 Å². The Morgan fingerprint density at radius 1 is 0.889 bits per heavy atom. The van der Waals surface area contributed by atoms with Crippen LogP contribution in [0.1, 0.15) is 32.6 Å². The summed E-state index contributed by atoms with van der Waals surface area (Å²) in [6.07, 6.45) is 5.88. The van der Waals surface area contributed by atoms with Gasteiger partial charge < -0.3 is 18.9 Å².